The molecule has 2 N–H and O–H groups in total. The maximum atomic E-state index is 9.23. The topological polar surface area (TPSA) is 135 Å². The zero-order valence-corrected chi connectivity index (χ0v) is 15.5. The van der Waals surface area contributed by atoms with Gasteiger partial charge in [-0.15, -0.1) is 10.2 Å². The molecule has 0 saturated carbocycles. The first-order valence-electron chi connectivity index (χ1n) is 8.45. The summed E-state index contributed by atoms with van der Waals surface area (Å²) < 4.78 is 16.4. The number of methoxy groups -OCH3 is 2. The Morgan fingerprint density at radius 1 is 1.17 bits per heavy atom. The first-order chi connectivity index (χ1) is 14.2. The molecule has 0 fully saturated rings. The van der Waals surface area contributed by atoms with Crippen LogP contribution in [0.25, 0.3) is 28.1 Å². The number of nitriles is 1. The number of allylic oxidation sites excluding steroid dienone is 1. The van der Waals surface area contributed by atoms with E-state index in [0.29, 0.717) is 28.5 Å². The molecule has 0 atom stereocenters. The number of tetrazole rings is 1. The van der Waals surface area contributed by atoms with Crippen molar-refractivity contribution in [3.63, 3.8) is 0 Å². The zero-order chi connectivity index (χ0) is 20.2. The van der Waals surface area contributed by atoms with Gasteiger partial charge >= 0.3 is 0 Å². The van der Waals surface area contributed by atoms with Crippen LogP contribution in [-0.4, -0.2) is 39.8 Å². The van der Waals surface area contributed by atoms with E-state index in [9.17, 15) is 5.26 Å². The van der Waals surface area contributed by atoms with Gasteiger partial charge in [0.25, 0.3) is 0 Å². The number of rotatable bonds is 6. The molecule has 0 aliphatic rings. The Morgan fingerprint density at radius 2 is 2.03 bits per heavy atom. The average Bonchev–Trinajstić information content (AvgIpc) is 3.43. The van der Waals surface area contributed by atoms with Crippen LogP contribution in [0.2, 0.25) is 0 Å². The summed E-state index contributed by atoms with van der Waals surface area (Å²) in [5.74, 6) is 1.88. The smallest absolute Gasteiger partial charge is 0.227 e. The van der Waals surface area contributed by atoms with Crippen LogP contribution in [0.15, 0.2) is 47.0 Å². The molecular weight excluding hydrogens is 374 g/mol. The van der Waals surface area contributed by atoms with Crippen LogP contribution in [0, 0.1) is 11.3 Å². The summed E-state index contributed by atoms with van der Waals surface area (Å²) >= 11 is 0. The van der Waals surface area contributed by atoms with Crippen LogP contribution >= 0.6 is 0 Å². The molecular formula is C19H15N7O3. The van der Waals surface area contributed by atoms with Crippen molar-refractivity contribution >= 4 is 22.4 Å². The fourth-order valence-corrected chi connectivity index (χ4v) is 2.69. The number of ether oxygens (including phenoxy) is 2. The number of H-pyrrole nitrogens is 1. The Bertz CT molecular complexity index is 1220. The number of hydrogen-bond donors (Lipinski definition) is 2. The quantitative estimate of drug-likeness (QED) is 0.477. The molecule has 0 bridgehead atoms. The van der Waals surface area contributed by atoms with Crippen molar-refractivity contribution in [1.29, 1.82) is 5.26 Å². The van der Waals surface area contributed by atoms with Crippen molar-refractivity contribution in [2.75, 3.05) is 19.5 Å². The predicted octanol–water partition coefficient (Wildman–Crippen LogP) is 3.00. The molecule has 29 heavy (non-hydrogen) atoms. The summed E-state index contributed by atoms with van der Waals surface area (Å²) in [7, 11) is 3.15. The van der Waals surface area contributed by atoms with E-state index in [2.05, 4.69) is 30.9 Å². The van der Waals surface area contributed by atoms with E-state index in [1.807, 2.05) is 24.3 Å². The maximum absolute atomic E-state index is 9.23. The van der Waals surface area contributed by atoms with Gasteiger partial charge in [0.05, 0.1) is 14.2 Å². The minimum Gasteiger partial charge on any atom is -0.493 e. The molecule has 0 unspecified atom stereocenters. The number of aromatic amines is 1. The lowest BCUT2D eigenvalue weighted by molar-refractivity contribution is 0.355. The van der Waals surface area contributed by atoms with Gasteiger partial charge in [-0.2, -0.15) is 10.5 Å². The van der Waals surface area contributed by atoms with Gasteiger partial charge in [-0.25, -0.2) is 4.98 Å². The van der Waals surface area contributed by atoms with E-state index in [-0.39, 0.29) is 11.4 Å². The average molecular weight is 389 g/mol. The third-order valence-electron chi connectivity index (χ3n) is 4.11. The summed E-state index contributed by atoms with van der Waals surface area (Å²) in [6, 6.07) is 12.9. The molecule has 2 heterocycles. The molecule has 4 rings (SSSR count). The Hall–Kier alpha value is -4.39. The SMILES string of the molecule is COc1ccc(-c2nc3cc(NC=C(C#N)c4nn[nH]n4)ccc3o2)cc1OC. The van der Waals surface area contributed by atoms with Gasteiger partial charge in [0.2, 0.25) is 11.7 Å². The second-order valence-electron chi connectivity index (χ2n) is 5.82. The molecule has 10 nitrogen and oxygen atoms in total. The number of oxazole rings is 1. The fraction of sp³-hybridized carbons (Fsp3) is 0.105. The fourth-order valence-electron chi connectivity index (χ4n) is 2.69. The first-order valence-corrected chi connectivity index (χ1v) is 8.45. The highest BCUT2D eigenvalue weighted by molar-refractivity contribution is 5.81. The molecule has 4 aromatic rings. The van der Waals surface area contributed by atoms with E-state index in [1.165, 1.54) is 6.20 Å². The van der Waals surface area contributed by atoms with Crippen molar-refractivity contribution in [3.05, 3.63) is 48.4 Å². The van der Waals surface area contributed by atoms with Gasteiger partial charge in [-0.1, -0.05) is 0 Å². The van der Waals surface area contributed by atoms with Gasteiger partial charge in [-0.3, -0.25) is 0 Å². The second-order valence-corrected chi connectivity index (χ2v) is 5.82. The van der Waals surface area contributed by atoms with Gasteiger partial charge in [0.15, 0.2) is 17.1 Å². The van der Waals surface area contributed by atoms with Crippen LogP contribution in [0.1, 0.15) is 5.82 Å². The van der Waals surface area contributed by atoms with E-state index in [1.54, 1.807) is 32.4 Å². The first kappa shape index (κ1) is 18.0. The van der Waals surface area contributed by atoms with Crippen molar-refractivity contribution in [3.8, 4) is 29.0 Å². The van der Waals surface area contributed by atoms with Gasteiger partial charge in [0.1, 0.15) is 17.2 Å². The van der Waals surface area contributed by atoms with Crippen molar-refractivity contribution in [2.24, 2.45) is 0 Å². The summed E-state index contributed by atoms with van der Waals surface area (Å²) in [5.41, 5.74) is 3.01. The lowest BCUT2D eigenvalue weighted by Crippen LogP contribution is -1.92. The number of nitrogens with one attached hydrogen (secondary N) is 2. The third kappa shape index (κ3) is 3.57. The Morgan fingerprint density at radius 3 is 2.76 bits per heavy atom. The number of nitrogens with zero attached hydrogens (tertiary/aromatic N) is 5. The molecule has 144 valence electrons. The molecule has 2 aromatic carbocycles. The summed E-state index contributed by atoms with van der Waals surface area (Å²) in [4.78, 5) is 4.54. The molecule has 0 saturated heterocycles. The van der Waals surface area contributed by atoms with Crippen LogP contribution in [0.3, 0.4) is 0 Å². The molecule has 0 aliphatic heterocycles. The molecule has 2 aromatic heterocycles. The molecule has 10 heteroatoms. The van der Waals surface area contributed by atoms with Gasteiger partial charge in [-0.05, 0) is 41.6 Å². The summed E-state index contributed by atoms with van der Waals surface area (Å²) in [5, 5.41) is 25.6. The monoisotopic (exact) mass is 389 g/mol. The Kier molecular flexibility index (Phi) is 4.77. The zero-order valence-electron chi connectivity index (χ0n) is 15.5. The molecule has 0 aliphatic carbocycles. The van der Waals surface area contributed by atoms with Crippen molar-refractivity contribution < 1.29 is 13.9 Å². The Balaban J connectivity index is 1.62. The number of benzene rings is 2. The normalized spacial score (nSPS) is 11.3. The molecule has 0 spiro atoms. The van der Waals surface area contributed by atoms with Gasteiger partial charge < -0.3 is 19.2 Å². The largest absolute Gasteiger partial charge is 0.493 e. The van der Waals surface area contributed by atoms with Crippen molar-refractivity contribution in [2.45, 2.75) is 0 Å². The second kappa shape index (κ2) is 7.69. The Labute approximate surface area is 164 Å². The predicted molar refractivity (Wildman–Crippen MR) is 104 cm³/mol. The number of hydrogen-bond acceptors (Lipinski definition) is 9. The van der Waals surface area contributed by atoms with E-state index in [4.69, 9.17) is 13.9 Å². The van der Waals surface area contributed by atoms with Crippen LogP contribution < -0.4 is 14.8 Å². The van der Waals surface area contributed by atoms with E-state index >= 15 is 0 Å². The van der Waals surface area contributed by atoms with E-state index < -0.39 is 0 Å². The van der Waals surface area contributed by atoms with Gasteiger partial charge in [0, 0.05) is 17.5 Å². The minimum atomic E-state index is 0.207. The molecule has 0 amide bonds. The number of anilines is 1. The highest BCUT2D eigenvalue weighted by atomic mass is 16.5. The number of fused-ring (bicyclic) bond motifs is 1. The highest BCUT2D eigenvalue weighted by Crippen LogP contribution is 2.33. The van der Waals surface area contributed by atoms with E-state index in [0.717, 1.165) is 11.3 Å². The van der Waals surface area contributed by atoms with Crippen LogP contribution in [0.4, 0.5) is 5.69 Å². The standard InChI is InChI=1S/C19H15N7O3/c1-27-16-5-3-11(7-17(16)28-2)19-22-14-8-13(4-6-15(14)29-19)21-10-12(9-20)18-23-25-26-24-18/h3-8,10,21H,1-2H3,(H,23,24,25,26). The number of aromatic nitrogens is 5. The molecule has 0 radical (unpaired) electrons. The van der Waals surface area contributed by atoms with Crippen LogP contribution in [0.5, 0.6) is 11.5 Å². The summed E-state index contributed by atoms with van der Waals surface area (Å²) in [6.07, 6.45) is 1.50. The van der Waals surface area contributed by atoms with Crippen molar-refractivity contribution in [1.82, 2.24) is 25.6 Å². The summed E-state index contributed by atoms with van der Waals surface area (Å²) in [6.45, 7) is 0. The lowest BCUT2D eigenvalue weighted by atomic mass is 10.2. The third-order valence-corrected chi connectivity index (χ3v) is 4.11. The highest BCUT2D eigenvalue weighted by Gasteiger charge is 2.12. The lowest BCUT2D eigenvalue weighted by Gasteiger charge is -2.07. The minimum absolute atomic E-state index is 0.207. The van der Waals surface area contributed by atoms with Crippen LogP contribution in [-0.2, 0) is 0 Å². The maximum Gasteiger partial charge on any atom is 0.227 e.